The van der Waals surface area contributed by atoms with Crippen molar-refractivity contribution in [1.29, 1.82) is 0 Å². The maximum atomic E-state index is 12.4. The van der Waals surface area contributed by atoms with Crippen LogP contribution in [0.25, 0.3) is 0 Å². The molecule has 3 amide bonds. The number of carbonyl (C=O) groups is 3. The highest BCUT2D eigenvalue weighted by Crippen LogP contribution is 2.20. The highest BCUT2D eigenvalue weighted by Gasteiger charge is 2.33. The minimum absolute atomic E-state index is 0.217. The summed E-state index contributed by atoms with van der Waals surface area (Å²) >= 11 is 1.21. The number of carbonyl (C=O) groups excluding carboxylic acids is 3. The van der Waals surface area contributed by atoms with Crippen molar-refractivity contribution in [3.05, 3.63) is 44.8 Å². The summed E-state index contributed by atoms with van der Waals surface area (Å²) in [5.74, 6) is -1.90. The fourth-order valence-electron chi connectivity index (χ4n) is 2.06. The van der Waals surface area contributed by atoms with Crippen LogP contribution in [0.3, 0.4) is 0 Å². The van der Waals surface area contributed by atoms with E-state index in [1.54, 1.807) is 17.5 Å². The van der Waals surface area contributed by atoms with Crippen LogP contribution in [0.4, 0.5) is 0 Å². The Labute approximate surface area is 143 Å². The summed E-state index contributed by atoms with van der Waals surface area (Å²) in [4.78, 5) is 51.6. The molecule has 2 aromatic heterocycles. The maximum Gasteiger partial charge on any atom is 0.304 e. The molecule has 1 aliphatic rings. The molecule has 2 atom stereocenters. The molecular weight excluding hydrogens is 352 g/mol. The van der Waals surface area contributed by atoms with Gasteiger partial charge in [-0.1, -0.05) is 10.9 Å². The summed E-state index contributed by atoms with van der Waals surface area (Å²) in [5, 5.41) is 21.6. The molecule has 0 aliphatic carbocycles. The van der Waals surface area contributed by atoms with Crippen molar-refractivity contribution < 1.29 is 19.6 Å². The molecule has 11 nitrogen and oxygen atoms in total. The van der Waals surface area contributed by atoms with Gasteiger partial charge in [0, 0.05) is 11.4 Å². The molecule has 4 N–H and O–H groups in total. The van der Waals surface area contributed by atoms with Gasteiger partial charge in [0.05, 0.1) is 0 Å². The van der Waals surface area contributed by atoms with Gasteiger partial charge in [-0.05, 0) is 11.4 Å². The largest absolute Gasteiger partial charge is 0.410 e. The van der Waals surface area contributed by atoms with Gasteiger partial charge < -0.3 is 21.2 Å². The van der Waals surface area contributed by atoms with E-state index in [4.69, 9.17) is 0 Å². The Morgan fingerprint density at radius 3 is 2.84 bits per heavy atom. The highest BCUT2D eigenvalue weighted by molar-refractivity contribution is 7.10. The van der Waals surface area contributed by atoms with E-state index in [9.17, 15) is 24.4 Å². The van der Waals surface area contributed by atoms with Crippen molar-refractivity contribution in [1.82, 2.24) is 30.9 Å². The zero-order chi connectivity index (χ0) is 18.0. The lowest BCUT2D eigenvalue weighted by molar-refractivity contribution is -0.134. The zero-order valence-corrected chi connectivity index (χ0v) is 13.3. The van der Waals surface area contributed by atoms with Crippen LogP contribution < -0.4 is 21.5 Å². The predicted octanol–water partition coefficient (Wildman–Crippen LogP) is -1.98. The highest BCUT2D eigenvalue weighted by atomic mass is 32.1. The van der Waals surface area contributed by atoms with E-state index < -0.39 is 35.2 Å². The van der Waals surface area contributed by atoms with Crippen LogP contribution in [-0.2, 0) is 9.59 Å². The normalized spacial score (nSPS) is 17.1. The van der Waals surface area contributed by atoms with Crippen molar-refractivity contribution in [3.8, 4) is 0 Å². The minimum Gasteiger partial charge on any atom is -0.410 e. The van der Waals surface area contributed by atoms with E-state index in [0.717, 1.165) is 6.33 Å². The van der Waals surface area contributed by atoms with Crippen molar-refractivity contribution in [2.75, 3.05) is 6.54 Å². The molecule has 12 heteroatoms. The lowest BCUT2D eigenvalue weighted by Crippen LogP contribution is -2.63. The predicted molar refractivity (Wildman–Crippen MR) is 82.9 cm³/mol. The standard InChI is InChI=1S/C13H12N6O5S/c20-10-6(4-14-10)16-12(22)8(7-2-1-3-25-7)17-13(23)9-11(21)15-5-19(24)18-9/h1-3,5-6,8,24H,4H2,(H,14,20)(H,16,22)(H,17,23). The number of hydrogen-bond acceptors (Lipinski definition) is 8. The monoisotopic (exact) mass is 364 g/mol. The molecule has 2 unspecified atom stereocenters. The summed E-state index contributed by atoms with van der Waals surface area (Å²) in [6, 6.07) is 1.51. The number of amides is 3. The van der Waals surface area contributed by atoms with Gasteiger partial charge in [0.2, 0.25) is 17.5 Å². The fraction of sp³-hybridized carbons (Fsp3) is 0.231. The second kappa shape index (κ2) is 6.68. The average molecular weight is 364 g/mol. The molecule has 0 saturated carbocycles. The van der Waals surface area contributed by atoms with Crippen LogP contribution in [0.2, 0.25) is 0 Å². The number of hydrogen-bond donors (Lipinski definition) is 4. The van der Waals surface area contributed by atoms with Crippen LogP contribution in [0, 0.1) is 0 Å². The topological polar surface area (TPSA) is 155 Å². The van der Waals surface area contributed by atoms with E-state index in [2.05, 4.69) is 26.0 Å². The van der Waals surface area contributed by atoms with E-state index in [1.807, 2.05) is 0 Å². The molecule has 1 fully saturated rings. The van der Waals surface area contributed by atoms with Crippen LogP contribution in [0.1, 0.15) is 21.4 Å². The van der Waals surface area contributed by atoms with Gasteiger partial charge in [0.1, 0.15) is 12.1 Å². The van der Waals surface area contributed by atoms with Gasteiger partial charge >= 0.3 is 5.56 Å². The zero-order valence-electron chi connectivity index (χ0n) is 12.5. The van der Waals surface area contributed by atoms with Gasteiger partial charge in [-0.15, -0.1) is 16.4 Å². The van der Waals surface area contributed by atoms with Crippen LogP contribution >= 0.6 is 11.3 Å². The van der Waals surface area contributed by atoms with Crippen molar-refractivity contribution in [2.24, 2.45) is 0 Å². The smallest absolute Gasteiger partial charge is 0.304 e. The summed E-state index contributed by atoms with van der Waals surface area (Å²) in [6.45, 7) is 0.301. The van der Waals surface area contributed by atoms with E-state index in [-0.39, 0.29) is 10.8 Å². The summed E-state index contributed by atoms with van der Waals surface area (Å²) in [6.07, 6.45) is 0.734. The number of aromatic nitrogens is 3. The molecule has 0 radical (unpaired) electrons. The number of rotatable bonds is 5. The van der Waals surface area contributed by atoms with Crippen molar-refractivity contribution >= 4 is 29.1 Å². The number of nitrogens with zero attached hydrogens (tertiary/aromatic N) is 3. The molecule has 3 rings (SSSR count). The number of β-lactam (4-membered cyclic amide) rings is 1. The second-order valence-electron chi connectivity index (χ2n) is 5.05. The molecule has 3 heterocycles. The molecule has 130 valence electrons. The van der Waals surface area contributed by atoms with Gasteiger partial charge in [-0.2, -0.15) is 4.98 Å². The van der Waals surface area contributed by atoms with Gasteiger partial charge in [0.25, 0.3) is 5.91 Å². The van der Waals surface area contributed by atoms with Crippen molar-refractivity contribution in [2.45, 2.75) is 12.1 Å². The SMILES string of the molecule is O=C(NC(C(=O)NC1CNC1=O)c1cccs1)c1nn(O)cnc1=O. The first-order chi connectivity index (χ1) is 12.0. The number of thiophene rings is 1. The third kappa shape index (κ3) is 3.47. The van der Waals surface area contributed by atoms with Gasteiger partial charge in [-0.25, -0.2) is 0 Å². The first kappa shape index (κ1) is 16.6. The summed E-state index contributed by atoms with van der Waals surface area (Å²) < 4.78 is 0. The Bertz CT molecular complexity index is 879. The molecule has 2 aromatic rings. The quantitative estimate of drug-likeness (QED) is 0.354. The Kier molecular flexibility index (Phi) is 4.43. The minimum atomic E-state index is -1.13. The summed E-state index contributed by atoms with van der Waals surface area (Å²) in [7, 11) is 0. The Hall–Kier alpha value is -3.28. The first-order valence-corrected chi connectivity index (χ1v) is 7.91. The molecule has 1 aliphatic heterocycles. The molecule has 1 saturated heterocycles. The third-order valence-electron chi connectivity index (χ3n) is 3.38. The molecule has 0 spiro atoms. The van der Waals surface area contributed by atoms with Gasteiger partial charge in [0.15, 0.2) is 6.33 Å². The Morgan fingerprint density at radius 1 is 1.44 bits per heavy atom. The van der Waals surface area contributed by atoms with E-state index in [1.165, 1.54) is 11.3 Å². The van der Waals surface area contributed by atoms with Crippen LogP contribution in [0.5, 0.6) is 0 Å². The average Bonchev–Trinajstić information content (AvgIpc) is 3.12. The first-order valence-electron chi connectivity index (χ1n) is 7.03. The Balaban J connectivity index is 1.81. The molecule has 0 bridgehead atoms. The molecule has 25 heavy (non-hydrogen) atoms. The van der Waals surface area contributed by atoms with Crippen molar-refractivity contribution in [3.63, 3.8) is 0 Å². The second-order valence-corrected chi connectivity index (χ2v) is 6.03. The van der Waals surface area contributed by atoms with Crippen LogP contribution in [-0.4, -0.2) is 50.4 Å². The van der Waals surface area contributed by atoms with E-state index in [0.29, 0.717) is 11.4 Å². The summed E-state index contributed by atoms with van der Waals surface area (Å²) in [5.41, 5.74) is -1.62. The third-order valence-corrected chi connectivity index (χ3v) is 4.31. The molecular formula is C13H12N6O5S. The fourth-order valence-corrected chi connectivity index (χ4v) is 2.83. The number of nitrogens with one attached hydrogen (secondary N) is 3. The maximum absolute atomic E-state index is 12.4. The lowest BCUT2D eigenvalue weighted by atomic mass is 10.1. The lowest BCUT2D eigenvalue weighted by Gasteiger charge is -2.28. The molecule has 0 aromatic carbocycles. The van der Waals surface area contributed by atoms with Crippen LogP contribution in [0.15, 0.2) is 28.6 Å². The van der Waals surface area contributed by atoms with Gasteiger partial charge in [-0.3, -0.25) is 19.2 Å². The Morgan fingerprint density at radius 2 is 2.24 bits per heavy atom. The van der Waals surface area contributed by atoms with E-state index >= 15 is 0 Å².